The SMILES string of the molecule is O=C1C=C(O)C(N=Nc2cc(S(=O)(=O)[O-])cc3c2C(=O)/C(=N\Nc2ccc([N+](=O)[O-])cc2)C(S(=O)(=O)[O-])=C3)=C/C1=N/Nc1ccc(Nc2ccccc2)c(S(=O)(=O)[O-])c1.[Na+].[Na+].[Na+]. The van der Waals surface area contributed by atoms with Crippen LogP contribution in [0.25, 0.3) is 6.08 Å². The summed E-state index contributed by atoms with van der Waals surface area (Å²) in [7, 11) is -15.9. The van der Waals surface area contributed by atoms with E-state index in [1.54, 1.807) is 30.3 Å². The Kier molecular flexibility index (Phi) is 17.6. The molecule has 22 nitrogen and oxygen atoms in total. The molecular weight excluding hydrogens is 910 g/mol. The normalized spacial score (nSPS) is 15.2. The minimum absolute atomic E-state index is 0. The summed E-state index contributed by atoms with van der Waals surface area (Å²) < 4.78 is 109. The van der Waals surface area contributed by atoms with Crippen LogP contribution in [-0.2, 0) is 35.1 Å². The molecule has 0 fully saturated rings. The summed E-state index contributed by atoms with van der Waals surface area (Å²) in [6.07, 6.45) is 2.05. The van der Waals surface area contributed by atoms with E-state index in [1.165, 1.54) is 12.1 Å². The Morgan fingerprint density at radius 1 is 0.661 bits per heavy atom. The Morgan fingerprint density at radius 3 is 1.89 bits per heavy atom. The van der Waals surface area contributed by atoms with Gasteiger partial charge in [0.2, 0.25) is 11.6 Å². The molecule has 0 saturated carbocycles. The molecule has 4 N–H and O–H groups in total. The molecule has 6 rings (SSSR count). The van der Waals surface area contributed by atoms with E-state index in [9.17, 15) is 63.7 Å². The van der Waals surface area contributed by atoms with Crippen LogP contribution in [0.4, 0.5) is 34.1 Å². The van der Waals surface area contributed by atoms with Crippen molar-refractivity contribution in [3.05, 3.63) is 135 Å². The summed E-state index contributed by atoms with van der Waals surface area (Å²) in [6.45, 7) is 0. The maximum Gasteiger partial charge on any atom is 1.00 e. The van der Waals surface area contributed by atoms with Crippen LogP contribution in [0.2, 0.25) is 0 Å². The van der Waals surface area contributed by atoms with Crippen LogP contribution in [-0.4, -0.2) is 71.9 Å². The number of allylic oxidation sites excluding steroid dienone is 3. The number of fused-ring (bicyclic) bond motifs is 1. The van der Waals surface area contributed by atoms with Crippen molar-refractivity contribution in [1.29, 1.82) is 0 Å². The second-order valence-electron chi connectivity index (χ2n) is 11.9. The van der Waals surface area contributed by atoms with Crippen LogP contribution in [0.15, 0.2) is 144 Å². The number of azo groups is 1. The smallest absolute Gasteiger partial charge is 0.744 e. The van der Waals surface area contributed by atoms with Gasteiger partial charge in [-0.25, -0.2) is 25.3 Å². The number of hydrogen-bond donors (Lipinski definition) is 4. The fourth-order valence-corrected chi connectivity index (χ4v) is 7.08. The maximum absolute atomic E-state index is 13.8. The van der Waals surface area contributed by atoms with E-state index in [4.69, 9.17) is 0 Å². The molecule has 4 aromatic rings. The third-order valence-electron chi connectivity index (χ3n) is 7.95. The van der Waals surface area contributed by atoms with Crippen molar-refractivity contribution in [3.63, 3.8) is 0 Å². The number of rotatable bonds is 12. The standard InChI is InChI=1S/C34H24N8O14S3.3Na/c43-28-17-29(44)26(16-25(28)38-37-21-8-11-24(30(14-21)58(51,52)53)35-19-4-2-1-3-5-19)39-40-27-15-23(57(48,49)50)12-18-13-31(59(54,55)56)33(34(45)32(18)27)41-36-20-6-9-22(10-7-20)42(46)47;;;/h1-17,35-37,44H,(H,48,49,50)(H,51,52,53)(H,54,55,56);;;/q;3*+1/p-3/b38-25-,40-39?,41-33-;;;. The van der Waals surface area contributed by atoms with E-state index >= 15 is 0 Å². The van der Waals surface area contributed by atoms with Gasteiger partial charge in [-0.2, -0.15) is 10.2 Å². The van der Waals surface area contributed by atoms with E-state index in [0.29, 0.717) is 30.0 Å². The Bertz CT molecular complexity index is 3020. The second-order valence-corrected chi connectivity index (χ2v) is 16.0. The minimum Gasteiger partial charge on any atom is -0.744 e. The topological polar surface area (TPSA) is 355 Å². The van der Waals surface area contributed by atoms with Crippen LogP contribution in [0, 0.1) is 10.1 Å². The number of anilines is 4. The van der Waals surface area contributed by atoms with Crippen LogP contribution in [0.5, 0.6) is 0 Å². The molecule has 0 unspecified atom stereocenters. The van der Waals surface area contributed by atoms with E-state index in [0.717, 1.165) is 36.4 Å². The number of para-hydroxylation sites is 1. The number of hydrogen-bond acceptors (Lipinski definition) is 21. The molecule has 62 heavy (non-hydrogen) atoms. The first-order chi connectivity index (χ1) is 27.7. The third kappa shape index (κ3) is 12.5. The molecule has 0 amide bonds. The quantitative estimate of drug-likeness (QED) is 0.0259. The molecule has 0 aliphatic heterocycles. The van der Waals surface area contributed by atoms with Crippen molar-refractivity contribution in [2.24, 2.45) is 20.4 Å². The summed E-state index contributed by atoms with van der Waals surface area (Å²) >= 11 is 0. The number of nitrogens with one attached hydrogen (secondary N) is 3. The first kappa shape index (κ1) is 52.1. The van der Waals surface area contributed by atoms with Crippen molar-refractivity contribution in [3.8, 4) is 0 Å². The molecule has 0 saturated heterocycles. The summed E-state index contributed by atoms with van der Waals surface area (Å²) in [6, 6.07) is 17.4. The average molecular weight is 931 g/mol. The number of aliphatic hydroxyl groups is 1. The monoisotopic (exact) mass is 930 g/mol. The number of non-ortho nitro benzene ring substituents is 1. The Morgan fingerprint density at radius 2 is 1.29 bits per heavy atom. The van der Waals surface area contributed by atoms with Gasteiger partial charge in [-0.1, -0.05) is 18.2 Å². The molecule has 302 valence electrons. The largest absolute Gasteiger partial charge is 1.00 e. The average Bonchev–Trinajstić information content (AvgIpc) is 3.16. The van der Waals surface area contributed by atoms with Gasteiger partial charge in [0.15, 0.2) is 0 Å². The van der Waals surface area contributed by atoms with E-state index in [1.807, 2.05) is 0 Å². The molecule has 0 heterocycles. The van der Waals surface area contributed by atoms with Crippen molar-refractivity contribution in [2.45, 2.75) is 9.79 Å². The Balaban J connectivity index is 0.00000341. The molecule has 0 atom stereocenters. The number of carbonyl (C=O) groups is 2. The molecular formula is C34H21N8Na3O14S3. The van der Waals surface area contributed by atoms with Crippen LogP contribution >= 0.6 is 0 Å². The number of ketones is 2. The maximum atomic E-state index is 13.8. The number of nitro groups is 1. The van der Waals surface area contributed by atoms with E-state index in [2.05, 4.69) is 36.6 Å². The van der Waals surface area contributed by atoms with Gasteiger partial charge >= 0.3 is 88.7 Å². The molecule has 4 aromatic carbocycles. The summed E-state index contributed by atoms with van der Waals surface area (Å²) in [5, 5.41) is 39.4. The number of carbonyl (C=O) groups excluding carboxylic acids is 2. The summed E-state index contributed by atoms with van der Waals surface area (Å²) in [5.41, 5.74) is 0.700. The van der Waals surface area contributed by atoms with Gasteiger partial charge in [-0.15, -0.1) is 10.2 Å². The molecule has 2 aliphatic rings. The van der Waals surface area contributed by atoms with Crippen molar-refractivity contribution >= 4 is 93.5 Å². The first-order valence-corrected chi connectivity index (χ1v) is 20.2. The summed E-state index contributed by atoms with van der Waals surface area (Å²) in [5.74, 6) is -3.09. The Hall–Kier alpha value is -4.29. The van der Waals surface area contributed by atoms with E-state index < -0.39 is 101 Å². The number of benzene rings is 4. The van der Waals surface area contributed by atoms with Gasteiger partial charge in [0.25, 0.3) is 5.69 Å². The molecule has 0 radical (unpaired) electrons. The Labute approximate surface area is 417 Å². The number of nitrogens with zero attached hydrogens (tertiary/aromatic N) is 5. The molecule has 0 spiro atoms. The fourth-order valence-electron chi connectivity index (χ4n) is 5.25. The van der Waals surface area contributed by atoms with Crippen molar-refractivity contribution in [1.82, 2.24) is 0 Å². The van der Waals surface area contributed by atoms with Crippen LogP contribution < -0.4 is 105 Å². The second kappa shape index (κ2) is 20.9. The van der Waals surface area contributed by atoms with Gasteiger partial charge < -0.3 is 24.1 Å². The zero-order valence-corrected chi connectivity index (χ0v) is 40.5. The van der Waals surface area contributed by atoms with E-state index in [-0.39, 0.29) is 111 Å². The number of aliphatic hydroxyl groups excluding tert-OH is 1. The van der Waals surface area contributed by atoms with Crippen LogP contribution in [0.3, 0.4) is 0 Å². The summed E-state index contributed by atoms with van der Waals surface area (Å²) in [4.78, 5) is 33.8. The molecule has 0 bridgehead atoms. The van der Waals surface area contributed by atoms with Crippen LogP contribution in [0.1, 0.15) is 15.9 Å². The fraction of sp³-hybridized carbons (Fsp3) is 0. The molecule has 28 heteroatoms. The number of Topliss-reactive ketones (excluding diaryl/α,β-unsaturated/α-hetero) is 1. The van der Waals surface area contributed by atoms with Gasteiger partial charge in [0.05, 0.1) is 47.9 Å². The first-order valence-electron chi connectivity index (χ1n) is 16.0. The predicted octanol–water partition coefficient (Wildman–Crippen LogP) is -4.83. The molecule has 0 aromatic heterocycles. The van der Waals surface area contributed by atoms with Crippen molar-refractivity contribution in [2.75, 3.05) is 16.2 Å². The predicted molar refractivity (Wildman–Crippen MR) is 204 cm³/mol. The van der Waals surface area contributed by atoms with Crippen molar-refractivity contribution < 1.29 is 147 Å². The zero-order valence-electron chi connectivity index (χ0n) is 32.0. The molecule has 2 aliphatic carbocycles. The zero-order chi connectivity index (χ0) is 42.9. The third-order valence-corrected chi connectivity index (χ3v) is 10.5. The number of hydrazone groups is 2. The van der Waals surface area contributed by atoms with Gasteiger partial charge in [-0.05, 0) is 66.2 Å². The van der Waals surface area contributed by atoms with Gasteiger partial charge in [-0.3, -0.25) is 30.6 Å². The van der Waals surface area contributed by atoms with Gasteiger partial charge in [0.1, 0.15) is 53.2 Å². The van der Waals surface area contributed by atoms with Gasteiger partial charge in [0, 0.05) is 30.0 Å². The minimum atomic E-state index is -5.53. The number of nitro benzene ring substituents is 1.